The number of fused-ring (bicyclic) bond motifs is 2. The molecule has 5 rings (SSSR count). The van der Waals surface area contributed by atoms with Crippen LogP contribution in [0.1, 0.15) is 10.5 Å². The van der Waals surface area contributed by atoms with Crippen molar-refractivity contribution < 1.29 is 32.3 Å². The summed E-state index contributed by atoms with van der Waals surface area (Å²) in [6.07, 6.45) is 0. The van der Waals surface area contributed by atoms with Gasteiger partial charge in [0.2, 0.25) is 6.79 Å². The number of nitrogens with one attached hydrogen (secondary N) is 3. The van der Waals surface area contributed by atoms with Gasteiger partial charge in [-0.25, -0.2) is 13.1 Å². The van der Waals surface area contributed by atoms with Crippen LogP contribution in [0.2, 0.25) is 0 Å². The van der Waals surface area contributed by atoms with E-state index in [1.807, 2.05) is 4.72 Å². The summed E-state index contributed by atoms with van der Waals surface area (Å²) in [4.78, 5) is 26.4. The lowest BCUT2D eigenvalue weighted by molar-refractivity contribution is -0.383. The fraction of sp³-hybridized carbons (Fsp3) is 0.0870. The van der Waals surface area contributed by atoms with Crippen LogP contribution in [0.5, 0.6) is 17.2 Å². The third kappa shape index (κ3) is 4.22. The molecule has 0 radical (unpaired) electrons. The van der Waals surface area contributed by atoms with E-state index in [1.54, 1.807) is 18.2 Å². The van der Waals surface area contributed by atoms with Crippen LogP contribution in [0, 0.1) is 10.1 Å². The number of benzene rings is 3. The fourth-order valence-electron chi connectivity index (χ4n) is 3.71. The van der Waals surface area contributed by atoms with Gasteiger partial charge in [-0.1, -0.05) is 0 Å². The maximum atomic E-state index is 12.8. The van der Waals surface area contributed by atoms with E-state index in [4.69, 9.17) is 14.2 Å². The number of hydrogen-bond donors (Lipinski definition) is 3. The molecule has 0 spiro atoms. The minimum atomic E-state index is -4.21. The topological polar surface area (TPSA) is 162 Å². The summed E-state index contributed by atoms with van der Waals surface area (Å²) in [6.45, 7) is 0.107. The number of nitrogens with zero attached hydrogens (tertiary/aromatic N) is 1. The van der Waals surface area contributed by atoms with E-state index in [2.05, 4.69) is 10.3 Å². The highest BCUT2D eigenvalue weighted by Crippen LogP contribution is 2.37. The van der Waals surface area contributed by atoms with E-state index in [-0.39, 0.29) is 28.6 Å². The lowest BCUT2D eigenvalue weighted by Crippen LogP contribution is -2.30. The maximum Gasteiger partial charge on any atom is 0.293 e. The number of nitro groups is 1. The first-order chi connectivity index (χ1) is 17.2. The molecular formula is C23H18N4O8S. The smallest absolute Gasteiger partial charge is 0.293 e. The molecule has 2 heterocycles. The van der Waals surface area contributed by atoms with Crippen molar-refractivity contribution in [1.82, 2.24) is 9.71 Å². The van der Waals surface area contributed by atoms with Crippen LogP contribution in [-0.2, 0) is 10.0 Å². The first kappa shape index (κ1) is 23.0. The van der Waals surface area contributed by atoms with Gasteiger partial charge in [-0.15, -0.1) is 0 Å². The Bertz CT molecular complexity index is 1610. The molecule has 12 nitrogen and oxygen atoms in total. The summed E-state index contributed by atoms with van der Waals surface area (Å²) in [5.74, 6) is 0.597. The zero-order chi connectivity index (χ0) is 25.4. The Hall–Kier alpha value is -4.78. The largest absolute Gasteiger partial charge is 0.497 e. The van der Waals surface area contributed by atoms with Gasteiger partial charge in [0, 0.05) is 28.9 Å². The average Bonchev–Trinajstić information content (AvgIpc) is 3.51. The van der Waals surface area contributed by atoms with Gasteiger partial charge in [0.15, 0.2) is 11.5 Å². The molecule has 1 aromatic heterocycles. The standard InChI is InChI=1S/C23H18N4O8S/c1-33-14-3-5-15(6-4-14)36(31,32)26-23(28)18-11-16-17(7-8-19(27(29)30)22(16)25-18)24-13-2-9-20-21(10-13)35-12-34-20/h2-11,24-25H,12H2,1H3,(H,26,28). The van der Waals surface area contributed by atoms with Crippen LogP contribution in [0.15, 0.2) is 65.6 Å². The van der Waals surface area contributed by atoms with E-state index in [0.29, 0.717) is 34.0 Å². The van der Waals surface area contributed by atoms with Crippen molar-refractivity contribution in [2.75, 3.05) is 19.2 Å². The zero-order valence-corrected chi connectivity index (χ0v) is 19.4. The summed E-state index contributed by atoms with van der Waals surface area (Å²) >= 11 is 0. The molecule has 1 amide bonds. The average molecular weight is 510 g/mol. The van der Waals surface area contributed by atoms with E-state index in [9.17, 15) is 23.3 Å². The Balaban J connectivity index is 1.48. The number of methoxy groups -OCH3 is 1. The fourth-order valence-corrected chi connectivity index (χ4v) is 4.67. The summed E-state index contributed by atoms with van der Waals surface area (Å²) in [6, 6.07) is 14.7. The molecule has 0 atom stereocenters. The second kappa shape index (κ2) is 8.78. The van der Waals surface area contributed by atoms with Gasteiger partial charge in [-0.3, -0.25) is 14.9 Å². The van der Waals surface area contributed by atoms with Crippen molar-refractivity contribution in [3.05, 3.63) is 76.5 Å². The number of amides is 1. The number of aromatic nitrogens is 1. The summed E-state index contributed by atoms with van der Waals surface area (Å²) < 4.78 is 43.0. The maximum absolute atomic E-state index is 12.8. The molecule has 1 aliphatic heterocycles. The summed E-state index contributed by atoms with van der Waals surface area (Å²) in [5, 5.41) is 15.0. The van der Waals surface area contributed by atoms with Crippen molar-refractivity contribution in [1.29, 1.82) is 0 Å². The van der Waals surface area contributed by atoms with Crippen LogP contribution in [0.4, 0.5) is 17.1 Å². The van der Waals surface area contributed by atoms with E-state index < -0.39 is 20.9 Å². The number of anilines is 2. The number of sulfonamides is 1. The Kier molecular flexibility index (Phi) is 5.60. The molecule has 0 unspecified atom stereocenters. The van der Waals surface area contributed by atoms with Gasteiger partial charge in [-0.2, -0.15) is 0 Å². The van der Waals surface area contributed by atoms with E-state index in [1.165, 1.54) is 49.6 Å². The third-order valence-electron chi connectivity index (χ3n) is 5.46. The van der Waals surface area contributed by atoms with Gasteiger partial charge in [0.25, 0.3) is 21.6 Å². The third-order valence-corrected chi connectivity index (χ3v) is 6.81. The SMILES string of the molecule is COc1ccc(S(=O)(=O)NC(=O)c2cc3c(Nc4ccc5c(c4)OCO5)ccc([N+](=O)[O-])c3[nH]2)cc1. The first-order valence-electron chi connectivity index (χ1n) is 10.4. The Morgan fingerprint density at radius 1 is 1.06 bits per heavy atom. The molecule has 0 saturated carbocycles. The van der Waals surface area contributed by atoms with Crippen molar-refractivity contribution >= 4 is 43.9 Å². The van der Waals surface area contributed by atoms with Gasteiger partial charge < -0.3 is 24.5 Å². The van der Waals surface area contributed by atoms with E-state index in [0.717, 1.165) is 0 Å². The highest BCUT2D eigenvalue weighted by atomic mass is 32.2. The molecule has 36 heavy (non-hydrogen) atoms. The number of aromatic amines is 1. The van der Waals surface area contributed by atoms with Crippen molar-refractivity contribution in [3.63, 3.8) is 0 Å². The van der Waals surface area contributed by atoms with Gasteiger partial charge in [0.05, 0.1) is 16.9 Å². The number of non-ortho nitro benzene ring substituents is 1. The second-order valence-corrected chi connectivity index (χ2v) is 9.35. The monoisotopic (exact) mass is 510 g/mol. The predicted octanol–water partition coefficient (Wildman–Crippen LogP) is 3.68. The minimum absolute atomic E-state index is 0.0535. The normalized spacial score (nSPS) is 12.4. The first-order valence-corrected chi connectivity index (χ1v) is 11.9. The lowest BCUT2D eigenvalue weighted by Gasteiger charge is -2.09. The minimum Gasteiger partial charge on any atom is -0.497 e. The number of H-pyrrole nitrogens is 1. The van der Waals surface area contributed by atoms with E-state index >= 15 is 0 Å². The Labute approximate surface area is 204 Å². The molecule has 3 aromatic carbocycles. The molecule has 0 bridgehead atoms. The zero-order valence-electron chi connectivity index (χ0n) is 18.6. The molecule has 0 aliphatic carbocycles. The number of carbonyl (C=O) groups excluding carboxylic acids is 1. The molecule has 0 fully saturated rings. The molecular weight excluding hydrogens is 492 g/mol. The lowest BCUT2D eigenvalue weighted by atomic mass is 10.1. The number of rotatable bonds is 7. The van der Waals surface area contributed by atoms with Crippen molar-refractivity contribution in [3.8, 4) is 17.2 Å². The van der Waals surface area contributed by atoms with Crippen LogP contribution >= 0.6 is 0 Å². The highest BCUT2D eigenvalue weighted by molar-refractivity contribution is 7.90. The van der Waals surface area contributed by atoms with Crippen molar-refractivity contribution in [2.24, 2.45) is 0 Å². The number of carbonyl (C=O) groups is 1. The second-order valence-electron chi connectivity index (χ2n) is 7.66. The number of ether oxygens (including phenoxy) is 3. The van der Waals surface area contributed by atoms with Gasteiger partial charge in [-0.05, 0) is 48.5 Å². The Morgan fingerprint density at radius 2 is 1.81 bits per heavy atom. The van der Waals surface area contributed by atoms with Crippen molar-refractivity contribution in [2.45, 2.75) is 4.90 Å². The van der Waals surface area contributed by atoms with Crippen LogP contribution < -0.4 is 24.2 Å². The molecule has 13 heteroatoms. The van der Waals surface area contributed by atoms with Crippen LogP contribution in [0.3, 0.4) is 0 Å². The van der Waals surface area contributed by atoms with Gasteiger partial charge >= 0.3 is 0 Å². The van der Waals surface area contributed by atoms with Gasteiger partial charge in [0.1, 0.15) is 17.0 Å². The molecule has 184 valence electrons. The van der Waals surface area contributed by atoms with Crippen LogP contribution in [-0.4, -0.2) is 38.1 Å². The molecule has 1 aliphatic rings. The molecule has 0 saturated heterocycles. The van der Waals surface area contributed by atoms with Crippen LogP contribution in [0.25, 0.3) is 10.9 Å². The molecule has 4 aromatic rings. The predicted molar refractivity (Wildman–Crippen MR) is 128 cm³/mol. The number of hydrogen-bond acceptors (Lipinski definition) is 9. The number of nitro benzene ring substituents is 1. The quantitative estimate of drug-likeness (QED) is 0.249. The molecule has 3 N–H and O–H groups in total. The summed E-state index contributed by atoms with van der Waals surface area (Å²) in [5.41, 5.74) is 0.660. The highest BCUT2D eigenvalue weighted by Gasteiger charge is 2.24. The summed E-state index contributed by atoms with van der Waals surface area (Å²) in [7, 11) is -2.77. The Morgan fingerprint density at radius 3 is 2.53 bits per heavy atom.